The Balaban J connectivity index is 1.76. The molecule has 8 heteroatoms. The smallest absolute Gasteiger partial charge is 0.416 e. The molecule has 1 atom stereocenters. The first kappa shape index (κ1) is 17.6. The van der Waals surface area contributed by atoms with Crippen LogP contribution >= 0.6 is 0 Å². The normalized spacial score (nSPS) is 18.8. The number of aromatic nitrogens is 2. The Morgan fingerprint density at radius 2 is 2.04 bits per heavy atom. The summed E-state index contributed by atoms with van der Waals surface area (Å²) >= 11 is 0. The highest BCUT2D eigenvalue weighted by atomic mass is 19.4. The fourth-order valence-corrected chi connectivity index (χ4v) is 2.87. The zero-order valence-corrected chi connectivity index (χ0v) is 14.3. The minimum Gasteiger partial charge on any atom is -0.444 e. The van der Waals surface area contributed by atoms with Crippen LogP contribution in [0.4, 0.5) is 18.0 Å². The van der Waals surface area contributed by atoms with Gasteiger partial charge in [0.05, 0.1) is 16.6 Å². The maximum absolute atomic E-state index is 12.8. The second kappa shape index (κ2) is 5.93. The largest absolute Gasteiger partial charge is 0.444 e. The molecule has 1 unspecified atom stereocenters. The number of aromatic amines is 1. The highest BCUT2D eigenvalue weighted by molar-refractivity contribution is 5.76. The number of nitrogens with zero attached hydrogens (tertiary/aromatic N) is 2. The fourth-order valence-electron chi connectivity index (χ4n) is 2.87. The lowest BCUT2D eigenvalue weighted by Crippen LogP contribution is -2.35. The number of fused-ring (bicyclic) bond motifs is 1. The number of ether oxygens (including phenoxy) is 1. The topological polar surface area (TPSA) is 58.2 Å². The molecule has 0 aliphatic carbocycles. The molecule has 2 heterocycles. The van der Waals surface area contributed by atoms with Gasteiger partial charge in [0.25, 0.3) is 0 Å². The van der Waals surface area contributed by atoms with Crippen molar-refractivity contribution in [2.75, 3.05) is 13.1 Å². The Kier molecular flexibility index (Phi) is 4.17. The standard InChI is InChI=1S/C17H20F3N3O2/c1-16(2,3)25-15(24)23-7-6-10(9-23)14-21-12-5-4-11(17(18,19)20)8-13(12)22-14/h4-5,8,10H,6-7,9H2,1-3H3,(H,21,22). The number of alkyl halides is 3. The second-order valence-corrected chi connectivity index (χ2v) is 7.26. The summed E-state index contributed by atoms with van der Waals surface area (Å²) in [5.74, 6) is 0.551. The summed E-state index contributed by atoms with van der Waals surface area (Å²) < 4.78 is 43.8. The zero-order chi connectivity index (χ0) is 18.4. The SMILES string of the molecule is CC(C)(C)OC(=O)N1CCC(c2nc3ccc(C(F)(F)F)cc3[nH]2)C1. The summed E-state index contributed by atoms with van der Waals surface area (Å²) in [5, 5.41) is 0. The van der Waals surface area contributed by atoms with Crippen molar-refractivity contribution < 1.29 is 22.7 Å². The van der Waals surface area contributed by atoms with Crippen molar-refractivity contribution >= 4 is 17.1 Å². The first-order chi connectivity index (χ1) is 11.5. The Morgan fingerprint density at radius 1 is 1.32 bits per heavy atom. The van der Waals surface area contributed by atoms with Gasteiger partial charge in [-0.3, -0.25) is 0 Å². The van der Waals surface area contributed by atoms with Crippen LogP contribution in [0.1, 0.15) is 44.5 Å². The van der Waals surface area contributed by atoms with Gasteiger partial charge in [0.1, 0.15) is 11.4 Å². The molecule has 3 rings (SSSR count). The predicted molar refractivity (Wildman–Crippen MR) is 86.3 cm³/mol. The lowest BCUT2D eigenvalue weighted by molar-refractivity contribution is -0.137. The fraction of sp³-hybridized carbons (Fsp3) is 0.529. The number of halogens is 3. The number of amides is 1. The molecule has 1 aliphatic rings. The number of likely N-dealkylation sites (tertiary alicyclic amines) is 1. The van der Waals surface area contributed by atoms with Crippen molar-refractivity contribution in [1.29, 1.82) is 0 Å². The van der Waals surface area contributed by atoms with E-state index < -0.39 is 17.3 Å². The predicted octanol–water partition coefficient (Wildman–Crippen LogP) is 4.31. The number of hydrogen-bond donors (Lipinski definition) is 1. The molecule has 1 aliphatic heterocycles. The van der Waals surface area contributed by atoms with Gasteiger partial charge in [-0.05, 0) is 45.4 Å². The third-order valence-corrected chi connectivity index (χ3v) is 4.05. The van der Waals surface area contributed by atoms with Crippen LogP contribution in [-0.2, 0) is 10.9 Å². The van der Waals surface area contributed by atoms with Crippen LogP contribution in [-0.4, -0.2) is 39.7 Å². The average molecular weight is 355 g/mol. The number of carbonyl (C=O) groups is 1. The van der Waals surface area contributed by atoms with E-state index in [9.17, 15) is 18.0 Å². The lowest BCUT2D eigenvalue weighted by atomic mass is 10.1. The van der Waals surface area contributed by atoms with Crippen molar-refractivity contribution in [3.63, 3.8) is 0 Å². The summed E-state index contributed by atoms with van der Waals surface area (Å²) in [5.41, 5.74) is -0.445. The van der Waals surface area contributed by atoms with Crippen LogP contribution in [0, 0.1) is 0 Å². The first-order valence-corrected chi connectivity index (χ1v) is 8.08. The van der Waals surface area contributed by atoms with Crippen LogP contribution in [0.2, 0.25) is 0 Å². The summed E-state index contributed by atoms with van der Waals surface area (Å²) in [6.45, 7) is 6.37. The highest BCUT2D eigenvalue weighted by Crippen LogP contribution is 2.32. The van der Waals surface area contributed by atoms with Crippen LogP contribution in [0.15, 0.2) is 18.2 Å². The molecule has 1 fully saturated rings. The molecule has 0 spiro atoms. The van der Waals surface area contributed by atoms with Crippen molar-refractivity contribution in [2.24, 2.45) is 0 Å². The summed E-state index contributed by atoms with van der Waals surface area (Å²) in [7, 11) is 0. The number of imidazole rings is 1. The number of nitrogens with one attached hydrogen (secondary N) is 1. The molecule has 25 heavy (non-hydrogen) atoms. The molecule has 1 saturated heterocycles. The molecule has 5 nitrogen and oxygen atoms in total. The number of benzene rings is 1. The van der Waals surface area contributed by atoms with Crippen LogP contribution < -0.4 is 0 Å². The molecule has 136 valence electrons. The quantitative estimate of drug-likeness (QED) is 0.829. The highest BCUT2D eigenvalue weighted by Gasteiger charge is 2.33. The zero-order valence-electron chi connectivity index (χ0n) is 14.3. The number of carbonyl (C=O) groups excluding carboxylic acids is 1. The van der Waals surface area contributed by atoms with Gasteiger partial charge in [0.15, 0.2) is 0 Å². The van der Waals surface area contributed by atoms with Gasteiger partial charge in [-0.1, -0.05) is 0 Å². The Morgan fingerprint density at radius 3 is 2.68 bits per heavy atom. The average Bonchev–Trinajstić information content (AvgIpc) is 3.10. The van der Waals surface area contributed by atoms with E-state index in [1.54, 1.807) is 25.7 Å². The summed E-state index contributed by atoms with van der Waals surface area (Å²) in [6, 6.07) is 3.44. The summed E-state index contributed by atoms with van der Waals surface area (Å²) in [6.07, 6.45) is -4.09. The van der Waals surface area contributed by atoms with Gasteiger partial charge < -0.3 is 14.6 Å². The monoisotopic (exact) mass is 355 g/mol. The maximum atomic E-state index is 12.8. The Labute approximate surface area is 143 Å². The number of hydrogen-bond acceptors (Lipinski definition) is 3. The summed E-state index contributed by atoms with van der Waals surface area (Å²) in [4.78, 5) is 21.1. The van der Waals surface area contributed by atoms with E-state index in [0.717, 1.165) is 12.1 Å². The molecule has 1 N–H and O–H groups in total. The van der Waals surface area contributed by atoms with E-state index >= 15 is 0 Å². The molecule has 1 amide bonds. The molecular formula is C17H20F3N3O2. The molecule has 1 aromatic heterocycles. The van der Waals surface area contributed by atoms with Gasteiger partial charge in [-0.2, -0.15) is 13.2 Å². The van der Waals surface area contributed by atoms with Gasteiger partial charge in [0, 0.05) is 19.0 Å². The van der Waals surface area contributed by atoms with Crippen LogP contribution in [0.25, 0.3) is 11.0 Å². The molecule has 1 aromatic carbocycles. The lowest BCUT2D eigenvalue weighted by Gasteiger charge is -2.24. The van der Waals surface area contributed by atoms with Crippen LogP contribution in [0.5, 0.6) is 0 Å². The van der Waals surface area contributed by atoms with E-state index in [2.05, 4.69) is 9.97 Å². The van der Waals surface area contributed by atoms with Crippen LogP contribution in [0.3, 0.4) is 0 Å². The first-order valence-electron chi connectivity index (χ1n) is 8.08. The second-order valence-electron chi connectivity index (χ2n) is 7.26. The Hall–Kier alpha value is -2.25. The van der Waals surface area contributed by atoms with Gasteiger partial charge in [-0.15, -0.1) is 0 Å². The number of rotatable bonds is 1. The third kappa shape index (κ3) is 3.88. The molecular weight excluding hydrogens is 335 g/mol. The Bertz CT molecular complexity index is 793. The van der Waals surface area contributed by atoms with E-state index in [-0.39, 0.29) is 12.0 Å². The van der Waals surface area contributed by atoms with Gasteiger partial charge >= 0.3 is 12.3 Å². The van der Waals surface area contributed by atoms with Crippen molar-refractivity contribution in [3.05, 3.63) is 29.6 Å². The molecule has 0 saturated carbocycles. The maximum Gasteiger partial charge on any atom is 0.416 e. The molecule has 0 radical (unpaired) electrons. The van der Waals surface area contributed by atoms with Crippen molar-refractivity contribution in [3.8, 4) is 0 Å². The minimum absolute atomic E-state index is 0.0470. The molecule has 0 bridgehead atoms. The van der Waals surface area contributed by atoms with E-state index in [4.69, 9.17) is 4.74 Å². The third-order valence-electron chi connectivity index (χ3n) is 4.05. The van der Waals surface area contributed by atoms with Crippen molar-refractivity contribution in [1.82, 2.24) is 14.9 Å². The van der Waals surface area contributed by atoms with Gasteiger partial charge in [-0.25, -0.2) is 9.78 Å². The number of H-pyrrole nitrogens is 1. The van der Waals surface area contributed by atoms with Crippen molar-refractivity contribution in [2.45, 2.75) is 44.9 Å². The van der Waals surface area contributed by atoms with Gasteiger partial charge in [0.2, 0.25) is 0 Å². The molecule has 2 aromatic rings. The van der Waals surface area contributed by atoms with E-state index in [0.29, 0.717) is 36.4 Å². The van der Waals surface area contributed by atoms with E-state index in [1.165, 1.54) is 6.07 Å². The minimum atomic E-state index is -4.39. The van der Waals surface area contributed by atoms with E-state index in [1.807, 2.05) is 0 Å².